The van der Waals surface area contributed by atoms with Crippen LogP contribution in [0.5, 0.6) is 0 Å². The average Bonchev–Trinajstić information content (AvgIpc) is 2.48. The summed E-state index contributed by atoms with van der Waals surface area (Å²) in [6, 6.07) is 4.56. The van der Waals surface area contributed by atoms with E-state index in [1.54, 1.807) is 11.3 Å². The Kier molecular flexibility index (Phi) is 3.94. The van der Waals surface area contributed by atoms with Crippen LogP contribution in [-0.4, -0.2) is 6.04 Å². The SMILES string of the molecule is Cc1ccsc1CNC(C)CC#N. The maximum absolute atomic E-state index is 8.46. The monoisotopic (exact) mass is 194 g/mol. The lowest BCUT2D eigenvalue weighted by atomic mass is 10.2. The number of nitriles is 1. The van der Waals surface area contributed by atoms with Gasteiger partial charge in [0, 0.05) is 17.5 Å². The molecule has 0 saturated heterocycles. The van der Waals surface area contributed by atoms with E-state index in [1.807, 2.05) is 6.92 Å². The molecule has 1 N–H and O–H groups in total. The molecule has 0 fully saturated rings. The van der Waals surface area contributed by atoms with Crippen LogP contribution < -0.4 is 5.32 Å². The molecule has 1 unspecified atom stereocenters. The summed E-state index contributed by atoms with van der Waals surface area (Å²) in [5.41, 5.74) is 1.33. The van der Waals surface area contributed by atoms with Crippen LogP contribution in [-0.2, 0) is 6.54 Å². The number of nitrogens with one attached hydrogen (secondary N) is 1. The van der Waals surface area contributed by atoms with Crippen LogP contribution in [0.1, 0.15) is 23.8 Å². The molecular formula is C10H14N2S. The zero-order valence-corrected chi connectivity index (χ0v) is 8.82. The van der Waals surface area contributed by atoms with E-state index < -0.39 is 0 Å². The number of hydrogen-bond acceptors (Lipinski definition) is 3. The minimum absolute atomic E-state index is 0.284. The maximum Gasteiger partial charge on any atom is 0.0638 e. The topological polar surface area (TPSA) is 35.8 Å². The summed E-state index contributed by atoms with van der Waals surface area (Å²) < 4.78 is 0. The quantitative estimate of drug-likeness (QED) is 0.799. The summed E-state index contributed by atoms with van der Waals surface area (Å²) in [5.74, 6) is 0. The first-order chi connectivity index (χ1) is 6.24. The van der Waals surface area contributed by atoms with Crippen molar-refractivity contribution in [3.05, 3.63) is 21.9 Å². The molecule has 13 heavy (non-hydrogen) atoms. The Balaban J connectivity index is 2.36. The van der Waals surface area contributed by atoms with Crippen molar-refractivity contribution in [2.24, 2.45) is 0 Å². The zero-order chi connectivity index (χ0) is 9.68. The van der Waals surface area contributed by atoms with Crippen LogP contribution >= 0.6 is 11.3 Å². The maximum atomic E-state index is 8.46. The fourth-order valence-corrected chi connectivity index (χ4v) is 1.92. The van der Waals surface area contributed by atoms with Gasteiger partial charge in [0.15, 0.2) is 0 Å². The third-order valence-electron chi connectivity index (χ3n) is 1.98. The minimum Gasteiger partial charge on any atom is -0.308 e. The van der Waals surface area contributed by atoms with Gasteiger partial charge in [-0.2, -0.15) is 5.26 Å². The van der Waals surface area contributed by atoms with Gasteiger partial charge in [0.1, 0.15) is 0 Å². The Morgan fingerprint density at radius 1 is 1.69 bits per heavy atom. The van der Waals surface area contributed by atoms with Gasteiger partial charge in [-0.05, 0) is 30.9 Å². The van der Waals surface area contributed by atoms with Crippen molar-refractivity contribution < 1.29 is 0 Å². The van der Waals surface area contributed by atoms with E-state index in [0.29, 0.717) is 6.42 Å². The van der Waals surface area contributed by atoms with E-state index in [2.05, 4.69) is 29.8 Å². The summed E-state index contributed by atoms with van der Waals surface area (Å²) in [5, 5.41) is 13.9. The lowest BCUT2D eigenvalue weighted by Gasteiger charge is -2.08. The molecule has 0 spiro atoms. The first-order valence-corrected chi connectivity index (χ1v) is 5.25. The van der Waals surface area contributed by atoms with Gasteiger partial charge in [0.25, 0.3) is 0 Å². The number of aryl methyl sites for hydroxylation is 1. The summed E-state index contributed by atoms with van der Waals surface area (Å²) in [6.45, 7) is 5.03. The predicted octanol–water partition coefficient (Wildman–Crippen LogP) is 2.45. The van der Waals surface area contributed by atoms with Crippen molar-refractivity contribution in [2.75, 3.05) is 0 Å². The smallest absolute Gasteiger partial charge is 0.0638 e. The molecule has 3 heteroatoms. The highest BCUT2D eigenvalue weighted by molar-refractivity contribution is 7.10. The predicted molar refractivity (Wildman–Crippen MR) is 55.6 cm³/mol. The fourth-order valence-electron chi connectivity index (χ4n) is 1.06. The molecule has 0 aliphatic carbocycles. The lowest BCUT2D eigenvalue weighted by Crippen LogP contribution is -2.24. The average molecular weight is 194 g/mol. The molecule has 1 aromatic heterocycles. The van der Waals surface area contributed by atoms with Gasteiger partial charge in [-0.1, -0.05) is 0 Å². The number of rotatable bonds is 4. The molecule has 0 bridgehead atoms. The third kappa shape index (κ3) is 3.17. The Labute approximate surface area is 83.2 Å². The molecule has 1 heterocycles. The van der Waals surface area contributed by atoms with E-state index in [-0.39, 0.29) is 6.04 Å². The van der Waals surface area contributed by atoms with Crippen molar-refractivity contribution in [3.63, 3.8) is 0 Å². The van der Waals surface area contributed by atoms with Gasteiger partial charge in [-0.15, -0.1) is 11.3 Å². The molecule has 1 atom stereocenters. The molecular weight excluding hydrogens is 180 g/mol. The van der Waals surface area contributed by atoms with Gasteiger partial charge in [-0.25, -0.2) is 0 Å². The Morgan fingerprint density at radius 2 is 2.46 bits per heavy atom. The molecule has 0 radical (unpaired) electrons. The number of thiophene rings is 1. The van der Waals surface area contributed by atoms with Crippen molar-refractivity contribution in [1.82, 2.24) is 5.32 Å². The van der Waals surface area contributed by atoms with Crippen LogP contribution in [0.15, 0.2) is 11.4 Å². The van der Waals surface area contributed by atoms with Crippen LogP contribution in [0.4, 0.5) is 0 Å². The highest BCUT2D eigenvalue weighted by atomic mass is 32.1. The van der Waals surface area contributed by atoms with Crippen LogP contribution in [0, 0.1) is 18.3 Å². The van der Waals surface area contributed by atoms with E-state index >= 15 is 0 Å². The second kappa shape index (κ2) is 5.00. The molecule has 70 valence electrons. The van der Waals surface area contributed by atoms with E-state index in [9.17, 15) is 0 Å². The van der Waals surface area contributed by atoms with Crippen molar-refractivity contribution >= 4 is 11.3 Å². The van der Waals surface area contributed by atoms with Gasteiger partial charge in [0.05, 0.1) is 12.5 Å². The Bertz CT molecular complexity index is 298. The van der Waals surface area contributed by atoms with E-state index in [0.717, 1.165) is 6.54 Å². The molecule has 0 aliphatic rings. The van der Waals surface area contributed by atoms with Crippen molar-refractivity contribution in [2.45, 2.75) is 32.9 Å². The molecule has 1 aromatic rings. The van der Waals surface area contributed by atoms with Gasteiger partial charge >= 0.3 is 0 Å². The molecule has 1 rings (SSSR count). The largest absolute Gasteiger partial charge is 0.308 e. The van der Waals surface area contributed by atoms with Gasteiger partial charge in [0.2, 0.25) is 0 Å². The van der Waals surface area contributed by atoms with Gasteiger partial charge < -0.3 is 5.32 Å². The molecule has 0 amide bonds. The van der Waals surface area contributed by atoms with E-state index in [1.165, 1.54) is 10.4 Å². The lowest BCUT2D eigenvalue weighted by molar-refractivity contribution is 0.560. The van der Waals surface area contributed by atoms with Crippen molar-refractivity contribution in [3.8, 4) is 6.07 Å². The fraction of sp³-hybridized carbons (Fsp3) is 0.500. The minimum atomic E-state index is 0.284. The molecule has 0 saturated carbocycles. The summed E-state index contributed by atoms with van der Waals surface area (Å²) in [6.07, 6.45) is 0.574. The first-order valence-electron chi connectivity index (χ1n) is 4.37. The highest BCUT2D eigenvalue weighted by Crippen LogP contribution is 2.15. The van der Waals surface area contributed by atoms with E-state index in [4.69, 9.17) is 5.26 Å². The standard InChI is InChI=1S/C10H14N2S/c1-8-4-6-13-10(8)7-12-9(2)3-5-11/h4,6,9,12H,3,7H2,1-2H3. The molecule has 0 aromatic carbocycles. The van der Waals surface area contributed by atoms with Crippen LogP contribution in [0.3, 0.4) is 0 Å². The second-order valence-electron chi connectivity index (χ2n) is 3.17. The van der Waals surface area contributed by atoms with Gasteiger partial charge in [-0.3, -0.25) is 0 Å². The Morgan fingerprint density at radius 3 is 3.00 bits per heavy atom. The highest BCUT2D eigenvalue weighted by Gasteiger charge is 2.02. The summed E-state index contributed by atoms with van der Waals surface area (Å²) in [4.78, 5) is 1.37. The second-order valence-corrected chi connectivity index (χ2v) is 4.17. The normalized spacial score (nSPS) is 12.4. The zero-order valence-electron chi connectivity index (χ0n) is 8.00. The van der Waals surface area contributed by atoms with Crippen molar-refractivity contribution in [1.29, 1.82) is 5.26 Å². The molecule has 0 aliphatic heterocycles. The summed E-state index contributed by atoms with van der Waals surface area (Å²) in [7, 11) is 0. The summed E-state index contributed by atoms with van der Waals surface area (Å²) >= 11 is 1.76. The Hall–Kier alpha value is -0.850. The van der Waals surface area contributed by atoms with Crippen LogP contribution in [0.25, 0.3) is 0 Å². The number of nitrogens with zero attached hydrogens (tertiary/aromatic N) is 1. The first kappa shape index (κ1) is 10.2. The van der Waals surface area contributed by atoms with Crippen LogP contribution in [0.2, 0.25) is 0 Å². The number of hydrogen-bond donors (Lipinski definition) is 1. The molecule has 2 nitrogen and oxygen atoms in total. The third-order valence-corrected chi connectivity index (χ3v) is 3.00.